The van der Waals surface area contributed by atoms with E-state index in [-0.39, 0.29) is 0 Å². The zero-order valence-electron chi connectivity index (χ0n) is 23.9. The van der Waals surface area contributed by atoms with Gasteiger partial charge in [0, 0.05) is 46.2 Å². The Kier molecular flexibility index (Phi) is 6.27. The zero-order valence-corrected chi connectivity index (χ0v) is 23.9. The predicted octanol–water partition coefficient (Wildman–Crippen LogP) is 9.55. The minimum absolute atomic E-state index is 0.733. The van der Waals surface area contributed by atoms with Crippen LogP contribution in [0.4, 0.5) is 11.4 Å². The van der Waals surface area contributed by atoms with Gasteiger partial charge in [0.05, 0.1) is 39.3 Å². The molecule has 3 aromatic heterocycles. The molecule has 0 aliphatic carbocycles. The van der Waals surface area contributed by atoms with E-state index in [0.29, 0.717) is 0 Å². The van der Waals surface area contributed by atoms with Gasteiger partial charge in [-0.25, -0.2) is 9.97 Å². The second-order valence-corrected chi connectivity index (χ2v) is 10.8. The van der Waals surface area contributed by atoms with E-state index in [9.17, 15) is 0 Å². The summed E-state index contributed by atoms with van der Waals surface area (Å²) in [5, 5.41) is 3.15. The average molecular weight is 566 g/mol. The van der Waals surface area contributed by atoms with E-state index < -0.39 is 0 Å². The van der Waals surface area contributed by atoms with Crippen molar-refractivity contribution in [3.8, 4) is 33.6 Å². The van der Waals surface area contributed by atoms with Gasteiger partial charge < -0.3 is 4.90 Å². The van der Waals surface area contributed by atoms with Gasteiger partial charge in [-0.1, -0.05) is 91.0 Å². The van der Waals surface area contributed by atoms with Gasteiger partial charge in [-0.05, 0) is 54.3 Å². The molecular formula is C39H27N5. The Bertz CT molecular complexity index is 2300. The van der Waals surface area contributed by atoms with Gasteiger partial charge in [-0.2, -0.15) is 0 Å². The Morgan fingerprint density at radius 1 is 0.659 bits per heavy atom. The standard InChI is InChI=1S/C39H27N5/c1-40-38-32-15-3-4-16-34(32)43-37(39(38)44-22-5-2-6-23-44)31-13-8-11-29(25-31)28-10-7-12-30(24-28)33-20-19-27-18-17-26-14-9-21-41-35(26)36(27)42-33/h2-22,24-25H,1,23H2. The van der Waals surface area contributed by atoms with Gasteiger partial charge in [0.2, 0.25) is 0 Å². The fourth-order valence-corrected chi connectivity index (χ4v) is 6.04. The number of benzene rings is 4. The topological polar surface area (TPSA) is 54.3 Å². The van der Waals surface area contributed by atoms with Crippen LogP contribution in [0.15, 0.2) is 145 Å². The van der Waals surface area contributed by atoms with Crippen LogP contribution in [0.1, 0.15) is 0 Å². The van der Waals surface area contributed by atoms with Crippen LogP contribution in [-0.2, 0) is 0 Å². The van der Waals surface area contributed by atoms with Crippen molar-refractivity contribution < 1.29 is 0 Å². The first-order chi connectivity index (χ1) is 21.8. The molecular weight excluding hydrogens is 538 g/mol. The number of pyridine rings is 3. The second kappa shape index (κ2) is 10.7. The molecule has 5 nitrogen and oxygen atoms in total. The lowest BCUT2D eigenvalue weighted by Crippen LogP contribution is -2.19. The normalized spacial score (nSPS) is 12.8. The van der Waals surface area contributed by atoms with Crippen molar-refractivity contribution in [1.82, 2.24) is 15.0 Å². The number of rotatable bonds is 5. The maximum atomic E-state index is 5.18. The molecule has 208 valence electrons. The van der Waals surface area contributed by atoms with E-state index in [2.05, 4.69) is 125 Å². The highest BCUT2D eigenvalue weighted by Gasteiger charge is 2.21. The van der Waals surface area contributed by atoms with Crippen molar-refractivity contribution in [1.29, 1.82) is 0 Å². The van der Waals surface area contributed by atoms with Gasteiger partial charge >= 0.3 is 0 Å². The molecule has 8 rings (SSSR count). The first kappa shape index (κ1) is 25.7. The zero-order chi connectivity index (χ0) is 29.5. The lowest BCUT2D eigenvalue weighted by molar-refractivity contribution is 1.07. The summed E-state index contributed by atoms with van der Waals surface area (Å²) in [5.41, 5.74) is 10.6. The third kappa shape index (κ3) is 4.43. The molecule has 4 aromatic carbocycles. The highest BCUT2D eigenvalue weighted by atomic mass is 15.1. The van der Waals surface area contributed by atoms with Gasteiger partial charge in [-0.15, -0.1) is 0 Å². The third-order valence-electron chi connectivity index (χ3n) is 8.16. The molecule has 0 radical (unpaired) electrons. The number of aromatic nitrogens is 3. The number of allylic oxidation sites excluding steroid dienone is 2. The molecule has 5 heteroatoms. The summed E-state index contributed by atoms with van der Waals surface area (Å²) in [5.74, 6) is 0. The van der Waals surface area contributed by atoms with Crippen LogP contribution in [0.25, 0.3) is 66.4 Å². The molecule has 0 fully saturated rings. The van der Waals surface area contributed by atoms with Gasteiger partial charge in [0.15, 0.2) is 0 Å². The predicted molar refractivity (Wildman–Crippen MR) is 183 cm³/mol. The Morgan fingerprint density at radius 2 is 1.41 bits per heavy atom. The van der Waals surface area contributed by atoms with E-state index in [0.717, 1.165) is 84.3 Å². The number of hydrogen-bond donors (Lipinski definition) is 0. The summed E-state index contributed by atoms with van der Waals surface area (Å²) in [6.07, 6.45) is 10.1. The fourth-order valence-electron chi connectivity index (χ4n) is 6.04. The summed E-state index contributed by atoms with van der Waals surface area (Å²) < 4.78 is 0. The van der Waals surface area contributed by atoms with E-state index in [1.807, 2.05) is 36.5 Å². The lowest BCUT2D eigenvalue weighted by atomic mass is 9.97. The Labute approximate surface area is 255 Å². The Morgan fingerprint density at radius 3 is 2.23 bits per heavy atom. The van der Waals surface area contributed by atoms with Crippen molar-refractivity contribution in [2.24, 2.45) is 4.99 Å². The molecule has 0 atom stereocenters. The quantitative estimate of drug-likeness (QED) is 0.154. The van der Waals surface area contributed by atoms with E-state index in [1.165, 1.54) is 0 Å². The molecule has 0 N–H and O–H groups in total. The van der Waals surface area contributed by atoms with Crippen LogP contribution in [-0.4, -0.2) is 28.2 Å². The first-order valence-corrected chi connectivity index (χ1v) is 14.6. The van der Waals surface area contributed by atoms with Crippen molar-refractivity contribution in [2.75, 3.05) is 11.4 Å². The monoisotopic (exact) mass is 565 g/mol. The summed E-state index contributed by atoms with van der Waals surface area (Å²) >= 11 is 0. The third-order valence-corrected chi connectivity index (χ3v) is 8.16. The number of fused-ring (bicyclic) bond motifs is 4. The minimum Gasteiger partial charge on any atom is -0.341 e. The van der Waals surface area contributed by atoms with Crippen LogP contribution in [0.3, 0.4) is 0 Å². The molecule has 1 aliphatic rings. The smallest absolute Gasteiger partial charge is 0.0975 e. The number of nitrogens with zero attached hydrogens (tertiary/aromatic N) is 5. The molecule has 0 saturated heterocycles. The lowest BCUT2D eigenvalue weighted by Gasteiger charge is -2.26. The van der Waals surface area contributed by atoms with E-state index in [4.69, 9.17) is 9.97 Å². The Balaban J connectivity index is 1.25. The highest BCUT2D eigenvalue weighted by Crippen LogP contribution is 2.43. The maximum Gasteiger partial charge on any atom is 0.0975 e. The molecule has 4 heterocycles. The van der Waals surface area contributed by atoms with Crippen LogP contribution < -0.4 is 4.90 Å². The van der Waals surface area contributed by atoms with Crippen molar-refractivity contribution in [2.45, 2.75) is 0 Å². The average Bonchev–Trinajstić information content (AvgIpc) is 3.11. The van der Waals surface area contributed by atoms with Crippen molar-refractivity contribution >= 4 is 50.8 Å². The van der Waals surface area contributed by atoms with Gasteiger partial charge in [-0.3, -0.25) is 9.98 Å². The van der Waals surface area contributed by atoms with Crippen LogP contribution in [0.5, 0.6) is 0 Å². The SMILES string of the molecule is C=Nc1c(N2C=CC=CC2)c(-c2cccc(-c3cccc(-c4ccc5ccc6cccnc6c5n4)c3)c2)nc2ccccc12. The molecule has 7 aromatic rings. The highest BCUT2D eigenvalue weighted by molar-refractivity contribution is 6.04. The molecule has 1 aliphatic heterocycles. The molecule has 0 amide bonds. The van der Waals surface area contributed by atoms with Crippen LogP contribution in [0, 0.1) is 0 Å². The van der Waals surface area contributed by atoms with Crippen LogP contribution >= 0.6 is 0 Å². The molecule has 0 unspecified atom stereocenters. The van der Waals surface area contributed by atoms with E-state index >= 15 is 0 Å². The molecule has 0 saturated carbocycles. The molecule has 0 spiro atoms. The number of anilines is 1. The Hall–Kier alpha value is -5.94. The first-order valence-electron chi connectivity index (χ1n) is 14.6. The number of hydrogen-bond acceptors (Lipinski definition) is 5. The summed E-state index contributed by atoms with van der Waals surface area (Å²) in [6.45, 7) is 4.69. The summed E-state index contributed by atoms with van der Waals surface area (Å²) in [6, 6.07) is 37.7. The maximum absolute atomic E-state index is 5.18. The summed E-state index contributed by atoms with van der Waals surface area (Å²) in [4.78, 5) is 21.6. The molecule has 0 bridgehead atoms. The number of aliphatic imine (C=N–C) groups is 1. The minimum atomic E-state index is 0.733. The van der Waals surface area contributed by atoms with Crippen molar-refractivity contribution in [3.63, 3.8) is 0 Å². The fraction of sp³-hybridized carbons (Fsp3) is 0.0256. The van der Waals surface area contributed by atoms with Gasteiger partial charge in [0.1, 0.15) is 0 Å². The van der Waals surface area contributed by atoms with Crippen molar-refractivity contribution in [3.05, 3.63) is 140 Å². The van der Waals surface area contributed by atoms with Gasteiger partial charge in [0.25, 0.3) is 0 Å². The number of para-hydroxylation sites is 1. The molecule has 44 heavy (non-hydrogen) atoms. The summed E-state index contributed by atoms with van der Waals surface area (Å²) in [7, 11) is 0. The van der Waals surface area contributed by atoms with E-state index in [1.54, 1.807) is 0 Å². The van der Waals surface area contributed by atoms with Crippen LogP contribution in [0.2, 0.25) is 0 Å². The second-order valence-electron chi connectivity index (χ2n) is 10.8. The largest absolute Gasteiger partial charge is 0.341 e.